The Bertz CT molecular complexity index is 1430. The predicted molar refractivity (Wildman–Crippen MR) is 168 cm³/mol. The van der Waals surface area contributed by atoms with Crippen LogP contribution in [0.2, 0.25) is 10.0 Å². The Labute approximate surface area is 260 Å². The third kappa shape index (κ3) is 9.86. The van der Waals surface area contributed by atoms with Crippen LogP contribution in [0.15, 0.2) is 60.2 Å². The maximum atomic E-state index is 13.0. The van der Waals surface area contributed by atoms with Crippen molar-refractivity contribution in [2.24, 2.45) is 0 Å². The summed E-state index contributed by atoms with van der Waals surface area (Å²) in [7, 11) is 1.64. The number of carbonyl (C=O) groups is 3. The van der Waals surface area contributed by atoms with Gasteiger partial charge >= 0.3 is 12.1 Å². The fourth-order valence-electron chi connectivity index (χ4n) is 3.94. The highest BCUT2D eigenvalue weighted by atomic mass is 35.5. The number of rotatable bonds is 11. The molecule has 1 N–H and O–H groups in total. The van der Waals surface area contributed by atoms with Gasteiger partial charge < -0.3 is 14.8 Å². The van der Waals surface area contributed by atoms with Gasteiger partial charge in [-0.05, 0) is 88.2 Å². The molecule has 0 fully saturated rings. The zero-order valence-corrected chi connectivity index (χ0v) is 26.7. The molecule has 1 atom stereocenters. The van der Waals surface area contributed by atoms with Crippen molar-refractivity contribution in [3.63, 3.8) is 0 Å². The van der Waals surface area contributed by atoms with Crippen molar-refractivity contribution >= 4 is 58.3 Å². The Hall–Kier alpha value is -3.40. The quantitative estimate of drug-likeness (QED) is 0.175. The van der Waals surface area contributed by atoms with Crippen LogP contribution < -0.4 is 10.2 Å². The lowest BCUT2D eigenvalue weighted by Gasteiger charge is -2.24. The lowest BCUT2D eigenvalue weighted by Crippen LogP contribution is -2.43. The Morgan fingerprint density at radius 3 is 2.40 bits per heavy atom. The van der Waals surface area contributed by atoms with Crippen LogP contribution in [0.4, 0.5) is 10.6 Å². The van der Waals surface area contributed by atoms with Crippen molar-refractivity contribution in [3.05, 3.63) is 91.9 Å². The molecule has 2 aromatic heterocycles. The monoisotopic (exact) mass is 631 g/mol. The Morgan fingerprint density at radius 2 is 1.76 bits per heavy atom. The van der Waals surface area contributed by atoms with Gasteiger partial charge in [-0.2, -0.15) is 0 Å². The summed E-state index contributed by atoms with van der Waals surface area (Å²) in [6.07, 6.45) is 2.09. The molecule has 0 aliphatic heterocycles. The number of anilines is 1. The van der Waals surface area contributed by atoms with Gasteiger partial charge in [0.1, 0.15) is 17.5 Å². The fourth-order valence-corrected chi connectivity index (χ4v) is 5.48. The number of thiophene rings is 1. The average molecular weight is 633 g/mol. The molecule has 2 amide bonds. The van der Waals surface area contributed by atoms with Gasteiger partial charge in [-0.15, -0.1) is 11.3 Å². The van der Waals surface area contributed by atoms with Gasteiger partial charge in [0.2, 0.25) is 0 Å². The molecule has 2 heterocycles. The van der Waals surface area contributed by atoms with E-state index < -0.39 is 29.6 Å². The van der Waals surface area contributed by atoms with Crippen LogP contribution in [0.25, 0.3) is 0 Å². The highest BCUT2D eigenvalue weighted by molar-refractivity contribution is 7.10. The minimum atomic E-state index is -0.970. The maximum Gasteiger partial charge on any atom is 0.415 e. The smallest absolute Gasteiger partial charge is 0.415 e. The topological polar surface area (TPSA) is 97.8 Å². The van der Waals surface area contributed by atoms with E-state index >= 15 is 0 Å². The van der Waals surface area contributed by atoms with Crippen LogP contribution in [0.1, 0.15) is 60.6 Å². The molecule has 3 rings (SSSR count). The van der Waals surface area contributed by atoms with Crippen LogP contribution in [0.3, 0.4) is 0 Å². The van der Waals surface area contributed by atoms with Crippen LogP contribution in [-0.2, 0) is 33.5 Å². The number of esters is 1. The van der Waals surface area contributed by atoms with Crippen molar-refractivity contribution in [1.29, 1.82) is 0 Å². The van der Waals surface area contributed by atoms with E-state index in [1.807, 2.05) is 44.4 Å². The third-order valence-corrected chi connectivity index (χ3v) is 7.51. The molecule has 0 aliphatic carbocycles. The standard InChI is InChI=1S/C31H35Cl2N3O5S/c1-19(2)40-29(38)25(35-28(37)27-23(32)13-9-14-24(27)33)17-22-16-20(18-42-22)10-7-11-21-12-8-15-26(34-21)36(6)30(39)41-31(3,4)5/h8-9,12-16,18,25H,1,7,10-11,17H2,2-6H3,(H,35,37). The van der Waals surface area contributed by atoms with E-state index in [9.17, 15) is 14.4 Å². The van der Waals surface area contributed by atoms with Gasteiger partial charge in [0.05, 0.1) is 21.4 Å². The number of hydrogen-bond donors (Lipinski definition) is 1. The molecule has 0 radical (unpaired) electrons. The van der Waals surface area contributed by atoms with E-state index in [2.05, 4.69) is 16.9 Å². The van der Waals surface area contributed by atoms with Gasteiger partial charge in [0, 0.05) is 24.0 Å². The molecule has 3 aromatic rings. The summed E-state index contributed by atoms with van der Waals surface area (Å²) >= 11 is 13.9. The summed E-state index contributed by atoms with van der Waals surface area (Å²) in [5, 5.41) is 5.11. The Morgan fingerprint density at radius 1 is 1.10 bits per heavy atom. The molecule has 0 saturated carbocycles. The summed E-state index contributed by atoms with van der Waals surface area (Å²) < 4.78 is 10.6. The summed E-state index contributed by atoms with van der Waals surface area (Å²) in [5.74, 6) is -0.460. The van der Waals surface area contributed by atoms with E-state index in [0.717, 1.165) is 29.0 Å². The summed E-state index contributed by atoms with van der Waals surface area (Å²) in [6, 6.07) is 11.4. The second-order valence-corrected chi connectivity index (χ2v) is 12.6. The molecule has 11 heteroatoms. The minimum absolute atomic E-state index is 0.0933. The molecular formula is C31H35Cl2N3O5S. The first kappa shape index (κ1) is 33.1. The first-order valence-electron chi connectivity index (χ1n) is 13.3. The second kappa shape index (κ2) is 14.7. The van der Waals surface area contributed by atoms with Crippen LogP contribution in [0.5, 0.6) is 0 Å². The molecule has 0 bridgehead atoms. The number of pyridine rings is 1. The lowest BCUT2D eigenvalue weighted by atomic mass is 10.1. The van der Waals surface area contributed by atoms with E-state index in [0.29, 0.717) is 12.2 Å². The molecule has 224 valence electrons. The molecule has 0 saturated heterocycles. The normalized spacial score (nSPS) is 11.9. The maximum absolute atomic E-state index is 13.0. The van der Waals surface area contributed by atoms with Gasteiger partial charge in [-0.3, -0.25) is 9.69 Å². The second-order valence-electron chi connectivity index (χ2n) is 10.8. The van der Waals surface area contributed by atoms with Crippen LogP contribution >= 0.6 is 34.5 Å². The van der Waals surface area contributed by atoms with Gasteiger partial charge in [-0.25, -0.2) is 14.6 Å². The lowest BCUT2D eigenvalue weighted by molar-refractivity contribution is -0.141. The molecular weight excluding hydrogens is 597 g/mol. The molecule has 42 heavy (non-hydrogen) atoms. The number of allylic oxidation sites excluding steroid dienone is 1. The first-order valence-corrected chi connectivity index (χ1v) is 15.0. The van der Waals surface area contributed by atoms with Crippen LogP contribution in [0, 0.1) is 0 Å². The molecule has 1 aromatic carbocycles. The first-order chi connectivity index (χ1) is 19.7. The van der Waals surface area contributed by atoms with E-state index in [1.54, 1.807) is 38.2 Å². The van der Waals surface area contributed by atoms with Gasteiger partial charge in [0.15, 0.2) is 0 Å². The van der Waals surface area contributed by atoms with Gasteiger partial charge in [-0.1, -0.05) is 41.9 Å². The highest BCUT2D eigenvalue weighted by Crippen LogP contribution is 2.25. The summed E-state index contributed by atoms with van der Waals surface area (Å²) in [5.41, 5.74) is 1.46. The zero-order chi connectivity index (χ0) is 31.0. The number of halogens is 2. The minimum Gasteiger partial charge on any atom is -0.443 e. The van der Waals surface area contributed by atoms with Crippen molar-refractivity contribution in [1.82, 2.24) is 10.3 Å². The van der Waals surface area contributed by atoms with Crippen molar-refractivity contribution in [3.8, 4) is 0 Å². The summed E-state index contributed by atoms with van der Waals surface area (Å²) in [6.45, 7) is 10.6. The fraction of sp³-hybridized carbons (Fsp3) is 0.355. The summed E-state index contributed by atoms with van der Waals surface area (Å²) in [4.78, 5) is 45.1. The van der Waals surface area contributed by atoms with Crippen molar-refractivity contribution < 1.29 is 23.9 Å². The SMILES string of the molecule is C=C(C)OC(=O)C(Cc1cc(CCCc2cccc(N(C)C(=O)OC(C)(C)C)n2)cs1)NC(=O)c1c(Cl)cccc1Cl. The molecule has 0 aliphatic rings. The number of nitrogens with zero attached hydrogens (tertiary/aromatic N) is 2. The zero-order valence-electron chi connectivity index (χ0n) is 24.3. The van der Waals surface area contributed by atoms with Gasteiger partial charge in [0.25, 0.3) is 5.91 Å². The number of amides is 2. The van der Waals surface area contributed by atoms with Crippen molar-refractivity contribution in [2.75, 3.05) is 11.9 Å². The number of aryl methyl sites for hydroxylation is 2. The Balaban J connectivity index is 1.62. The Kier molecular flexibility index (Phi) is 11.6. The molecule has 1 unspecified atom stereocenters. The molecule has 8 nitrogen and oxygen atoms in total. The van der Waals surface area contributed by atoms with E-state index in [1.165, 1.54) is 16.2 Å². The predicted octanol–water partition coefficient (Wildman–Crippen LogP) is 7.41. The number of ether oxygens (including phenoxy) is 2. The van der Waals surface area contributed by atoms with E-state index in [4.69, 9.17) is 32.7 Å². The largest absolute Gasteiger partial charge is 0.443 e. The average Bonchev–Trinajstić information content (AvgIpc) is 3.33. The number of nitrogens with one attached hydrogen (secondary N) is 1. The number of carbonyl (C=O) groups excluding carboxylic acids is 3. The molecule has 0 spiro atoms. The highest BCUT2D eigenvalue weighted by Gasteiger charge is 2.26. The number of benzene rings is 1. The number of hydrogen-bond acceptors (Lipinski definition) is 7. The van der Waals surface area contributed by atoms with E-state index in [-0.39, 0.29) is 27.8 Å². The third-order valence-electron chi connectivity index (χ3n) is 5.87. The number of aromatic nitrogens is 1. The van der Waals surface area contributed by atoms with Crippen LogP contribution in [-0.4, -0.2) is 41.6 Å². The van der Waals surface area contributed by atoms with Crippen molar-refractivity contribution in [2.45, 2.75) is 65.0 Å².